The van der Waals surface area contributed by atoms with Crippen LogP contribution < -0.4 is 10.1 Å². The third kappa shape index (κ3) is 4.71. The number of rotatable bonds is 9. The molecule has 1 heterocycles. The molecule has 0 saturated carbocycles. The van der Waals surface area contributed by atoms with Crippen LogP contribution in [0.4, 0.5) is 0 Å². The van der Waals surface area contributed by atoms with Crippen molar-refractivity contribution in [2.75, 3.05) is 6.61 Å². The highest BCUT2D eigenvalue weighted by Gasteiger charge is 2.11. The van der Waals surface area contributed by atoms with Gasteiger partial charge in [-0.1, -0.05) is 31.2 Å². The van der Waals surface area contributed by atoms with Gasteiger partial charge in [-0.3, -0.25) is 4.79 Å². The van der Waals surface area contributed by atoms with Crippen molar-refractivity contribution in [2.45, 2.75) is 53.1 Å². The summed E-state index contributed by atoms with van der Waals surface area (Å²) in [4.78, 5) is 16.6. The summed E-state index contributed by atoms with van der Waals surface area (Å²) in [6.07, 6.45) is 2.26. The first-order valence-corrected chi connectivity index (χ1v) is 10.00. The molecule has 0 bridgehead atoms. The second-order valence-corrected chi connectivity index (χ2v) is 7.10. The number of imidazole rings is 1. The van der Waals surface area contributed by atoms with Crippen molar-refractivity contribution >= 4 is 16.9 Å². The lowest BCUT2D eigenvalue weighted by Gasteiger charge is -2.13. The van der Waals surface area contributed by atoms with Gasteiger partial charge in [0.05, 0.1) is 24.2 Å². The number of aryl methyl sites for hydroxylation is 2. The van der Waals surface area contributed by atoms with Gasteiger partial charge in [0.1, 0.15) is 11.6 Å². The number of nitrogens with zero attached hydrogens (tertiary/aromatic N) is 2. The van der Waals surface area contributed by atoms with Gasteiger partial charge >= 0.3 is 0 Å². The lowest BCUT2D eigenvalue weighted by molar-refractivity contribution is -0.121. The topological polar surface area (TPSA) is 56.2 Å². The maximum Gasteiger partial charge on any atom is 0.220 e. The third-order valence-corrected chi connectivity index (χ3v) is 4.99. The van der Waals surface area contributed by atoms with E-state index in [-0.39, 0.29) is 5.91 Å². The highest BCUT2D eigenvalue weighted by molar-refractivity contribution is 5.77. The zero-order chi connectivity index (χ0) is 19.9. The standard InChI is InChI=1S/C23H29N3O2/c1-4-9-23(27)24-16-22-25-19-11-5-6-12-20(19)26(22)14-8-15-28-21-13-7-10-17(2)18(21)3/h5-7,10-13H,4,8-9,14-16H2,1-3H3,(H,24,27). The minimum absolute atomic E-state index is 0.0689. The first-order chi connectivity index (χ1) is 13.6. The third-order valence-electron chi connectivity index (χ3n) is 4.99. The average Bonchev–Trinajstić information content (AvgIpc) is 3.04. The molecule has 148 valence electrons. The van der Waals surface area contributed by atoms with Crippen molar-refractivity contribution < 1.29 is 9.53 Å². The van der Waals surface area contributed by atoms with Crippen molar-refractivity contribution in [3.8, 4) is 5.75 Å². The molecule has 0 aliphatic heterocycles. The average molecular weight is 380 g/mol. The van der Waals surface area contributed by atoms with Crippen molar-refractivity contribution in [3.63, 3.8) is 0 Å². The summed E-state index contributed by atoms with van der Waals surface area (Å²) in [5.74, 6) is 1.90. The van der Waals surface area contributed by atoms with Crippen LogP contribution in [0.1, 0.15) is 43.1 Å². The van der Waals surface area contributed by atoms with Gasteiger partial charge in [-0.25, -0.2) is 4.98 Å². The van der Waals surface area contributed by atoms with E-state index in [1.807, 2.05) is 37.3 Å². The number of amides is 1. The summed E-state index contributed by atoms with van der Waals surface area (Å²) in [7, 11) is 0. The maximum atomic E-state index is 11.9. The molecule has 0 saturated heterocycles. The van der Waals surface area contributed by atoms with Crippen LogP contribution in [-0.4, -0.2) is 22.1 Å². The lowest BCUT2D eigenvalue weighted by atomic mass is 10.1. The predicted molar refractivity (Wildman–Crippen MR) is 113 cm³/mol. The van der Waals surface area contributed by atoms with Crippen molar-refractivity contribution in [2.24, 2.45) is 0 Å². The Bertz CT molecular complexity index is 946. The number of carbonyl (C=O) groups excluding carboxylic acids is 1. The molecule has 0 spiro atoms. The number of hydrogen-bond donors (Lipinski definition) is 1. The van der Waals surface area contributed by atoms with Gasteiger partial charge in [0.2, 0.25) is 5.91 Å². The van der Waals surface area contributed by atoms with E-state index in [0.29, 0.717) is 19.6 Å². The number of ether oxygens (including phenoxy) is 1. The normalized spacial score (nSPS) is 11.0. The second-order valence-electron chi connectivity index (χ2n) is 7.10. The van der Waals surface area contributed by atoms with E-state index < -0.39 is 0 Å². The number of aromatic nitrogens is 2. The molecule has 5 heteroatoms. The van der Waals surface area contributed by atoms with Crippen LogP contribution >= 0.6 is 0 Å². The Morgan fingerprint density at radius 3 is 2.79 bits per heavy atom. The quantitative estimate of drug-likeness (QED) is 0.555. The molecule has 0 radical (unpaired) electrons. The Morgan fingerprint density at radius 1 is 1.14 bits per heavy atom. The van der Waals surface area contributed by atoms with Gasteiger partial charge in [0, 0.05) is 13.0 Å². The SMILES string of the molecule is CCCC(=O)NCc1nc2ccccc2n1CCCOc1cccc(C)c1C. The zero-order valence-electron chi connectivity index (χ0n) is 17.0. The Labute approximate surface area is 166 Å². The Hall–Kier alpha value is -2.82. The molecule has 2 aromatic carbocycles. The summed E-state index contributed by atoms with van der Waals surface area (Å²) < 4.78 is 8.18. The van der Waals surface area contributed by atoms with E-state index in [1.165, 1.54) is 11.1 Å². The van der Waals surface area contributed by atoms with E-state index in [4.69, 9.17) is 9.72 Å². The number of nitrogens with one attached hydrogen (secondary N) is 1. The van der Waals surface area contributed by atoms with Gasteiger partial charge in [0.15, 0.2) is 0 Å². The summed E-state index contributed by atoms with van der Waals surface area (Å²) in [6.45, 7) is 8.07. The minimum Gasteiger partial charge on any atom is -0.493 e. The van der Waals surface area contributed by atoms with Gasteiger partial charge < -0.3 is 14.6 Å². The Kier molecular flexibility index (Phi) is 6.69. The fourth-order valence-electron chi connectivity index (χ4n) is 3.29. The number of para-hydroxylation sites is 2. The molecule has 0 atom stereocenters. The van der Waals surface area contributed by atoms with Crippen LogP contribution in [0.5, 0.6) is 5.75 Å². The molecule has 28 heavy (non-hydrogen) atoms. The van der Waals surface area contributed by atoms with Crippen molar-refractivity contribution in [1.82, 2.24) is 14.9 Å². The van der Waals surface area contributed by atoms with Crippen LogP contribution in [0.3, 0.4) is 0 Å². The number of carbonyl (C=O) groups is 1. The van der Waals surface area contributed by atoms with Crippen LogP contribution in [0.2, 0.25) is 0 Å². The van der Waals surface area contributed by atoms with E-state index >= 15 is 0 Å². The van der Waals surface area contributed by atoms with E-state index in [2.05, 4.69) is 35.9 Å². The first kappa shape index (κ1) is 19.9. The summed E-state index contributed by atoms with van der Waals surface area (Å²) in [6, 6.07) is 14.2. The van der Waals surface area contributed by atoms with E-state index in [9.17, 15) is 4.79 Å². The smallest absolute Gasteiger partial charge is 0.220 e. The first-order valence-electron chi connectivity index (χ1n) is 10.00. The van der Waals surface area contributed by atoms with Gasteiger partial charge in [0.25, 0.3) is 0 Å². The predicted octanol–water partition coefficient (Wildman–Crippen LogP) is 4.54. The number of hydrogen-bond acceptors (Lipinski definition) is 3. The molecule has 1 N–H and O–H groups in total. The summed E-state index contributed by atoms with van der Waals surface area (Å²) in [5.41, 5.74) is 4.48. The molecule has 3 rings (SSSR count). The van der Waals surface area contributed by atoms with E-state index in [0.717, 1.165) is 42.0 Å². The number of fused-ring (bicyclic) bond motifs is 1. The number of benzene rings is 2. The van der Waals surface area contributed by atoms with Gasteiger partial charge in [-0.05, 0) is 56.0 Å². The molecule has 5 nitrogen and oxygen atoms in total. The van der Waals surface area contributed by atoms with Crippen LogP contribution in [0.25, 0.3) is 11.0 Å². The second kappa shape index (κ2) is 9.40. The zero-order valence-corrected chi connectivity index (χ0v) is 17.0. The van der Waals surface area contributed by atoms with E-state index in [1.54, 1.807) is 0 Å². The molecule has 0 aliphatic carbocycles. The summed E-state index contributed by atoms with van der Waals surface area (Å²) in [5, 5.41) is 2.98. The highest BCUT2D eigenvalue weighted by Crippen LogP contribution is 2.21. The largest absolute Gasteiger partial charge is 0.493 e. The monoisotopic (exact) mass is 379 g/mol. The molecular weight excluding hydrogens is 350 g/mol. The maximum absolute atomic E-state index is 11.9. The fraction of sp³-hybridized carbons (Fsp3) is 0.391. The molecule has 0 fully saturated rings. The summed E-state index contributed by atoms with van der Waals surface area (Å²) >= 11 is 0. The molecule has 1 amide bonds. The van der Waals surface area contributed by atoms with Crippen molar-refractivity contribution in [3.05, 3.63) is 59.4 Å². The minimum atomic E-state index is 0.0689. The van der Waals surface area contributed by atoms with Gasteiger partial charge in [-0.2, -0.15) is 0 Å². The Balaban J connectivity index is 1.66. The molecule has 0 aliphatic rings. The molecule has 0 unspecified atom stereocenters. The van der Waals surface area contributed by atoms with Gasteiger partial charge in [-0.15, -0.1) is 0 Å². The fourth-order valence-corrected chi connectivity index (χ4v) is 3.29. The molecule has 1 aromatic heterocycles. The van der Waals surface area contributed by atoms with Crippen molar-refractivity contribution in [1.29, 1.82) is 0 Å². The Morgan fingerprint density at radius 2 is 1.96 bits per heavy atom. The lowest BCUT2D eigenvalue weighted by Crippen LogP contribution is -2.24. The molecule has 3 aromatic rings. The van der Waals surface area contributed by atoms with Crippen LogP contribution in [-0.2, 0) is 17.9 Å². The van der Waals surface area contributed by atoms with Crippen LogP contribution in [0.15, 0.2) is 42.5 Å². The molecular formula is C23H29N3O2. The van der Waals surface area contributed by atoms with Crippen LogP contribution in [0, 0.1) is 13.8 Å². The highest BCUT2D eigenvalue weighted by atomic mass is 16.5.